The SMILES string of the molecule is CCCC(NC(=O)[C@H](Cc1ccc2ccccc2c1)NC(=O)[C@@H](NC(=O)OC(C)(C)C)C1CCCCC1)C(=O)C(=O)NCC(=O)NC(C(N)=O)c1ccccc1. The van der Waals surface area contributed by atoms with E-state index in [9.17, 15) is 33.6 Å². The van der Waals surface area contributed by atoms with Crippen molar-refractivity contribution in [1.29, 1.82) is 0 Å². The Bertz CT molecular complexity index is 1870. The molecule has 2 unspecified atom stereocenters. The van der Waals surface area contributed by atoms with Crippen molar-refractivity contribution in [3.05, 3.63) is 83.9 Å². The zero-order valence-electron chi connectivity index (χ0n) is 32.5. The van der Waals surface area contributed by atoms with Crippen LogP contribution in [0.2, 0.25) is 0 Å². The highest BCUT2D eigenvalue weighted by Gasteiger charge is 2.36. The Hall–Kier alpha value is -5.79. The second-order valence-corrected chi connectivity index (χ2v) is 15.2. The number of benzene rings is 3. The summed E-state index contributed by atoms with van der Waals surface area (Å²) in [6, 6.07) is 17.0. The Kier molecular flexibility index (Phi) is 15.5. The summed E-state index contributed by atoms with van der Waals surface area (Å²) < 4.78 is 5.48. The largest absolute Gasteiger partial charge is 0.444 e. The standard InChI is InChI=1S/C42H54N6O8/c1-5-14-31(36(50)40(54)44-25-33(49)47-34(37(43)51)28-16-8-6-9-17-28)45-38(52)32(24-26-21-22-27-15-12-13-20-30(27)23-26)46-39(53)35(29-18-10-7-11-19-29)48-41(55)56-42(2,3)4/h6,8-9,12-13,15-17,20-23,29,31-32,34-35H,5,7,10-11,14,18-19,24-25H2,1-4H3,(H2,43,51)(H,44,54)(H,45,52)(H,46,53)(H,47,49)(H,48,55)/t31?,32-,34?,35-/m0/s1. The Labute approximate surface area is 327 Å². The maximum atomic E-state index is 14.1. The predicted molar refractivity (Wildman–Crippen MR) is 211 cm³/mol. The minimum Gasteiger partial charge on any atom is -0.444 e. The zero-order valence-corrected chi connectivity index (χ0v) is 32.5. The number of nitrogens with two attached hydrogens (primary N) is 1. The zero-order chi connectivity index (χ0) is 40.8. The fourth-order valence-electron chi connectivity index (χ4n) is 6.78. The van der Waals surface area contributed by atoms with Crippen LogP contribution in [0.25, 0.3) is 10.8 Å². The van der Waals surface area contributed by atoms with Crippen molar-refractivity contribution in [2.75, 3.05) is 6.54 Å². The number of fused-ring (bicyclic) bond motifs is 1. The molecule has 1 fully saturated rings. The Morgan fingerprint density at radius 3 is 2.05 bits per heavy atom. The van der Waals surface area contributed by atoms with Gasteiger partial charge in [-0.25, -0.2) is 4.79 Å². The number of hydrogen-bond donors (Lipinski definition) is 6. The highest BCUT2D eigenvalue weighted by atomic mass is 16.6. The molecule has 14 nitrogen and oxygen atoms in total. The van der Waals surface area contributed by atoms with Gasteiger partial charge < -0.3 is 37.1 Å². The molecular weight excluding hydrogens is 716 g/mol. The molecule has 0 radical (unpaired) electrons. The maximum Gasteiger partial charge on any atom is 0.408 e. The van der Waals surface area contributed by atoms with E-state index < -0.39 is 77.7 Å². The van der Waals surface area contributed by atoms with Gasteiger partial charge in [-0.1, -0.05) is 105 Å². The lowest BCUT2D eigenvalue weighted by atomic mass is 9.83. The number of hydrogen-bond acceptors (Lipinski definition) is 8. The van der Waals surface area contributed by atoms with Crippen LogP contribution in [0.5, 0.6) is 0 Å². The van der Waals surface area contributed by atoms with Crippen LogP contribution >= 0.6 is 0 Å². The summed E-state index contributed by atoms with van der Waals surface area (Å²) in [7, 11) is 0. The highest BCUT2D eigenvalue weighted by molar-refractivity contribution is 6.38. The summed E-state index contributed by atoms with van der Waals surface area (Å²) in [5.41, 5.74) is 5.84. The van der Waals surface area contributed by atoms with E-state index in [1.165, 1.54) is 0 Å². The fraction of sp³-hybridized carbons (Fsp3) is 0.452. The van der Waals surface area contributed by atoms with Crippen molar-refractivity contribution in [1.82, 2.24) is 26.6 Å². The quantitative estimate of drug-likeness (QED) is 0.111. The Morgan fingerprint density at radius 1 is 0.768 bits per heavy atom. The predicted octanol–water partition coefficient (Wildman–Crippen LogP) is 3.65. The number of amides is 6. The Balaban J connectivity index is 1.52. The van der Waals surface area contributed by atoms with E-state index in [4.69, 9.17) is 10.5 Å². The second kappa shape index (κ2) is 20.2. The van der Waals surface area contributed by atoms with Crippen LogP contribution in [-0.2, 0) is 39.9 Å². The first-order valence-corrected chi connectivity index (χ1v) is 19.2. The molecule has 0 bridgehead atoms. The second-order valence-electron chi connectivity index (χ2n) is 15.2. The number of rotatable bonds is 17. The lowest BCUT2D eigenvalue weighted by Gasteiger charge is -2.32. The third-order valence-electron chi connectivity index (χ3n) is 9.53. The van der Waals surface area contributed by atoms with Gasteiger partial charge in [-0.3, -0.25) is 28.8 Å². The number of primary amides is 1. The molecule has 0 heterocycles. The van der Waals surface area contributed by atoms with Crippen molar-refractivity contribution >= 4 is 52.2 Å². The van der Waals surface area contributed by atoms with E-state index in [0.29, 0.717) is 24.8 Å². The van der Waals surface area contributed by atoms with Crippen LogP contribution < -0.4 is 32.3 Å². The summed E-state index contributed by atoms with van der Waals surface area (Å²) in [5, 5.41) is 14.9. The van der Waals surface area contributed by atoms with Crippen molar-refractivity contribution in [3.8, 4) is 0 Å². The van der Waals surface area contributed by atoms with Crippen molar-refractivity contribution in [2.45, 2.75) is 109 Å². The molecular formula is C42H54N6O8. The molecule has 0 saturated heterocycles. The number of Topliss-reactive ketones (excluding diaryl/α,β-unsaturated/α-hetero) is 1. The normalized spacial score (nSPS) is 15.3. The third-order valence-corrected chi connectivity index (χ3v) is 9.53. The number of ether oxygens (including phenoxy) is 1. The highest BCUT2D eigenvalue weighted by Crippen LogP contribution is 2.27. The molecule has 14 heteroatoms. The summed E-state index contributed by atoms with van der Waals surface area (Å²) in [5.74, 6) is -5.17. The molecule has 3 aromatic carbocycles. The minimum absolute atomic E-state index is 0.0358. The summed E-state index contributed by atoms with van der Waals surface area (Å²) in [4.78, 5) is 92.4. The van der Waals surface area contributed by atoms with Gasteiger partial charge in [0.25, 0.3) is 5.91 Å². The van der Waals surface area contributed by atoms with Gasteiger partial charge in [-0.05, 0) is 67.9 Å². The molecule has 0 aliphatic heterocycles. The van der Waals surface area contributed by atoms with Gasteiger partial charge in [-0.15, -0.1) is 0 Å². The molecule has 0 aromatic heterocycles. The smallest absolute Gasteiger partial charge is 0.408 e. The van der Waals surface area contributed by atoms with Gasteiger partial charge in [0, 0.05) is 6.42 Å². The van der Waals surface area contributed by atoms with E-state index in [-0.39, 0.29) is 18.8 Å². The first-order valence-electron chi connectivity index (χ1n) is 19.2. The molecule has 1 aliphatic rings. The number of nitrogens with one attached hydrogen (secondary N) is 5. The topological polar surface area (TPSA) is 215 Å². The van der Waals surface area contributed by atoms with Crippen LogP contribution in [0.4, 0.5) is 4.79 Å². The van der Waals surface area contributed by atoms with Crippen LogP contribution in [0.15, 0.2) is 72.8 Å². The number of alkyl carbamates (subject to hydrolysis) is 1. The molecule has 4 atom stereocenters. The minimum atomic E-state index is -1.29. The molecule has 7 N–H and O–H groups in total. The molecule has 1 aliphatic carbocycles. The number of carbonyl (C=O) groups is 7. The van der Waals surface area contributed by atoms with Crippen LogP contribution in [0.1, 0.15) is 89.8 Å². The molecule has 6 amide bonds. The van der Waals surface area contributed by atoms with E-state index in [2.05, 4.69) is 26.6 Å². The fourth-order valence-corrected chi connectivity index (χ4v) is 6.78. The molecule has 300 valence electrons. The van der Waals surface area contributed by atoms with Gasteiger partial charge in [0.1, 0.15) is 23.7 Å². The average molecular weight is 771 g/mol. The first-order chi connectivity index (χ1) is 26.6. The lowest BCUT2D eigenvalue weighted by Crippen LogP contribution is -2.59. The van der Waals surface area contributed by atoms with Gasteiger partial charge in [0.2, 0.25) is 29.4 Å². The van der Waals surface area contributed by atoms with Crippen molar-refractivity contribution < 1.29 is 38.3 Å². The third kappa shape index (κ3) is 12.9. The van der Waals surface area contributed by atoms with Crippen molar-refractivity contribution in [3.63, 3.8) is 0 Å². The average Bonchev–Trinajstić information content (AvgIpc) is 3.17. The van der Waals surface area contributed by atoms with Crippen LogP contribution in [0.3, 0.4) is 0 Å². The van der Waals surface area contributed by atoms with Gasteiger partial charge in [0.15, 0.2) is 0 Å². The molecule has 4 rings (SSSR count). The summed E-state index contributed by atoms with van der Waals surface area (Å²) in [6.45, 7) is 6.31. The van der Waals surface area contributed by atoms with Gasteiger partial charge in [0.05, 0.1) is 12.6 Å². The van der Waals surface area contributed by atoms with Crippen molar-refractivity contribution in [2.24, 2.45) is 11.7 Å². The first kappa shape index (κ1) is 42.9. The number of carbonyl (C=O) groups excluding carboxylic acids is 7. The Morgan fingerprint density at radius 2 is 1.41 bits per heavy atom. The summed E-state index contributed by atoms with van der Waals surface area (Å²) >= 11 is 0. The molecule has 56 heavy (non-hydrogen) atoms. The van der Waals surface area contributed by atoms with Crippen LogP contribution in [0, 0.1) is 5.92 Å². The molecule has 1 saturated carbocycles. The van der Waals surface area contributed by atoms with E-state index in [0.717, 1.165) is 35.6 Å². The molecule has 3 aromatic rings. The summed E-state index contributed by atoms with van der Waals surface area (Å²) in [6.07, 6.45) is 3.96. The van der Waals surface area contributed by atoms with Gasteiger partial charge >= 0.3 is 6.09 Å². The van der Waals surface area contributed by atoms with E-state index >= 15 is 0 Å². The number of ketones is 1. The lowest BCUT2D eigenvalue weighted by molar-refractivity contribution is -0.141. The van der Waals surface area contributed by atoms with Gasteiger partial charge in [-0.2, -0.15) is 0 Å². The molecule has 0 spiro atoms. The monoisotopic (exact) mass is 770 g/mol. The van der Waals surface area contributed by atoms with Crippen LogP contribution in [-0.4, -0.2) is 71.7 Å². The van der Waals surface area contributed by atoms with E-state index in [1.807, 2.05) is 42.5 Å². The maximum absolute atomic E-state index is 14.1. The van der Waals surface area contributed by atoms with E-state index in [1.54, 1.807) is 58.0 Å².